The van der Waals surface area contributed by atoms with E-state index in [4.69, 9.17) is 5.84 Å². The maximum absolute atomic E-state index is 14.0. The third-order valence-corrected chi connectivity index (χ3v) is 5.33. The molecule has 0 unspecified atom stereocenters. The number of nitrogens with zero attached hydrogens (tertiary/aromatic N) is 3. The highest BCUT2D eigenvalue weighted by atomic mass is 32.2. The van der Waals surface area contributed by atoms with E-state index in [9.17, 15) is 9.18 Å². The summed E-state index contributed by atoms with van der Waals surface area (Å²) in [5, 5.41) is 10.8. The van der Waals surface area contributed by atoms with Gasteiger partial charge in [0, 0.05) is 5.69 Å². The number of nitrogens with two attached hydrogens (primary N) is 1. The summed E-state index contributed by atoms with van der Waals surface area (Å²) in [5.74, 6) is 5.93. The Hall–Kier alpha value is -2.87. The lowest BCUT2D eigenvalue weighted by Crippen LogP contribution is -2.24. The highest BCUT2D eigenvalue weighted by Crippen LogP contribution is 2.28. The molecule has 146 valence electrons. The van der Waals surface area contributed by atoms with Gasteiger partial charge in [0.05, 0.1) is 10.8 Å². The van der Waals surface area contributed by atoms with Gasteiger partial charge >= 0.3 is 0 Å². The van der Waals surface area contributed by atoms with Crippen LogP contribution in [0.25, 0.3) is 11.4 Å². The molecule has 0 bridgehead atoms. The van der Waals surface area contributed by atoms with Crippen LogP contribution < -0.4 is 11.2 Å². The first-order chi connectivity index (χ1) is 13.4. The van der Waals surface area contributed by atoms with Gasteiger partial charge in [-0.1, -0.05) is 55.9 Å². The Morgan fingerprint density at radius 2 is 1.79 bits per heavy atom. The molecule has 3 rings (SSSR count). The summed E-state index contributed by atoms with van der Waals surface area (Å²) in [4.78, 5) is 12.6. The molecule has 2 aromatic carbocycles. The third-order valence-electron chi connectivity index (χ3n) is 4.27. The number of hydrogen-bond donors (Lipinski definition) is 2. The van der Waals surface area contributed by atoms with Crippen LogP contribution in [0.15, 0.2) is 53.7 Å². The summed E-state index contributed by atoms with van der Waals surface area (Å²) in [6, 6.07) is 13.9. The Morgan fingerprint density at radius 3 is 2.50 bits per heavy atom. The molecule has 0 saturated heterocycles. The lowest BCUT2D eigenvalue weighted by atomic mass is 10.0. The molecule has 0 radical (unpaired) electrons. The lowest BCUT2D eigenvalue weighted by Gasteiger charge is -2.16. The largest absolute Gasteiger partial charge is 0.335 e. The Bertz CT molecular complexity index is 988. The maximum atomic E-state index is 14.0. The van der Waals surface area contributed by atoms with Gasteiger partial charge in [0.15, 0.2) is 5.82 Å². The molecule has 8 heteroatoms. The topological polar surface area (TPSA) is 85.8 Å². The number of rotatable bonds is 6. The first-order valence-corrected chi connectivity index (χ1v) is 9.78. The Morgan fingerprint density at radius 1 is 1.11 bits per heavy atom. The predicted octanol–water partition coefficient (Wildman–Crippen LogP) is 4.04. The van der Waals surface area contributed by atoms with Crippen LogP contribution in [-0.2, 0) is 4.79 Å². The number of nitrogens with one attached hydrogen (secondary N) is 1. The zero-order chi connectivity index (χ0) is 20.3. The SMILES string of the molecule is CC(C)c1ccccc1NC(=O)[C@H](C)Sc1nnc(-c2ccccc2F)n1N. The second kappa shape index (κ2) is 8.43. The van der Waals surface area contributed by atoms with E-state index < -0.39 is 11.1 Å². The van der Waals surface area contributed by atoms with Crippen molar-refractivity contribution >= 4 is 23.4 Å². The van der Waals surface area contributed by atoms with E-state index in [2.05, 4.69) is 29.4 Å². The van der Waals surface area contributed by atoms with Gasteiger partial charge in [-0.2, -0.15) is 0 Å². The fourth-order valence-electron chi connectivity index (χ4n) is 2.74. The van der Waals surface area contributed by atoms with E-state index in [0.29, 0.717) is 5.16 Å². The van der Waals surface area contributed by atoms with Crippen molar-refractivity contribution in [3.8, 4) is 11.4 Å². The number of hydrogen-bond acceptors (Lipinski definition) is 5. The first-order valence-electron chi connectivity index (χ1n) is 8.90. The molecule has 0 aliphatic heterocycles. The standard InChI is InChI=1S/C20H22FN5OS/c1-12(2)14-8-5-7-11-17(14)23-19(27)13(3)28-20-25-24-18(26(20)22)15-9-4-6-10-16(15)21/h4-13H,22H2,1-3H3,(H,23,27)/t13-/m0/s1. The Labute approximate surface area is 167 Å². The molecule has 1 atom stereocenters. The summed E-state index contributed by atoms with van der Waals surface area (Å²) >= 11 is 1.16. The van der Waals surface area contributed by atoms with Gasteiger partial charge in [-0.25, -0.2) is 9.07 Å². The number of amides is 1. The van der Waals surface area contributed by atoms with Crippen LogP contribution >= 0.6 is 11.8 Å². The van der Waals surface area contributed by atoms with Crippen LogP contribution in [0.2, 0.25) is 0 Å². The molecular formula is C20H22FN5OS. The zero-order valence-corrected chi connectivity index (χ0v) is 16.7. The van der Waals surface area contributed by atoms with Crippen LogP contribution in [-0.4, -0.2) is 26.0 Å². The van der Waals surface area contributed by atoms with Crippen molar-refractivity contribution < 1.29 is 9.18 Å². The normalized spacial score (nSPS) is 12.2. The van der Waals surface area contributed by atoms with E-state index in [1.807, 2.05) is 24.3 Å². The monoisotopic (exact) mass is 399 g/mol. The van der Waals surface area contributed by atoms with Crippen molar-refractivity contribution in [1.82, 2.24) is 14.9 Å². The predicted molar refractivity (Wildman–Crippen MR) is 110 cm³/mol. The molecule has 1 amide bonds. The third kappa shape index (κ3) is 4.17. The molecule has 6 nitrogen and oxygen atoms in total. The molecule has 0 spiro atoms. The summed E-state index contributed by atoms with van der Waals surface area (Å²) in [7, 11) is 0. The number of carbonyl (C=O) groups excluding carboxylic acids is 1. The van der Waals surface area contributed by atoms with Crippen LogP contribution in [0.3, 0.4) is 0 Å². The maximum Gasteiger partial charge on any atom is 0.237 e. The van der Waals surface area contributed by atoms with Crippen LogP contribution in [0.1, 0.15) is 32.3 Å². The molecule has 3 aromatic rings. The summed E-state index contributed by atoms with van der Waals surface area (Å²) in [6.07, 6.45) is 0. The van der Waals surface area contributed by atoms with Crippen molar-refractivity contribution in [1.29, 1.82) is 0 Å². The number of carbonyl (C=O) groups is 1. The summed E-state index contributed by atoms with van der Waals surface area (Å²) < 4.78 is 15.2. The van der Waals surface area contributed by atoms with Crippen LogP contribution in [0, 0.1) is 5.82 Å². The molecule has 0 fully saturated rings. The summed E-state index contributed by atoms with van der Waals surface area (Å²) in [5.41, 5.74) is 2.11. The minimum absolute atomic E-state index is 0.173. The highest BCUT2D eigenvalue weighted by molar-refractivity contribution is 8.00. The number of benzene rings is 2. The number of halogens is 1. The van der Waals surface area contributed by atoms with Crippen molar-refractivity contribution in [2.24, 2.45) is 0 Å². The number of anilines is 1. The van der Waals surface area contributed by atoms with Crippen LogP contribution in [0.4, 0.5) is 10.1 Å². The number of nitrogen functional groups attached to an aromatic ring is 1. The molecule has 1 aromatic heterocycles. The molecular weight excluding hydrogens is 377 g/mol. The van der Waals surface area contributed by atoms with Gasteiger partial charge in [0.2, 0.25) is 11.1 Å². The van der Waals surface area contributed by atoms with E-state index >= 15 is 0 Å². The van der Waals surface area contributed by atoms with Crippen molar-refractivity contribution in [3.63, 3.8) is 0 Å². The van der Waals surface area contributed by atoms with E-state index in [1.54, 1.807) is 25.1 Å². The second-order valence-electron chi connectivity index (χ2n) is 6.65. The molecule has 3 N–H and O–H groups in total. The second-order valence-corrected chi connectivity index (χ2v) is 7.96. The average Bonchev–Trinajstić information content (AvgIpc) is 3.02. The fourth-order valence-corrected chi connectivity index (χ4v) is 3.51. The Balaban J connectivity index is 1.74. The lowest BCUT2D eigenvalue weighted by molar-refractivity contribution is -0.115. The average molecular weight is 399 g/mol. The smallest absolute Gasteiger partial charge is 0.237 e. The highest BCUT2D eigenvalue weighted by Gasteiger charge is 2.22. The molecule has 28 heavy (non-hydrogen) atoms. The van der Waals surface area contributed by atoms with Crippen molar-refractivity contribution in [2.75, 3.05) is 11.2 Å². The number of thioether (sulfide) groups is 1. The fraction of sp³-hybridized carbons (Fsp3) is 0.250. The first kappa shape index (κ1) is 19.9. The number of para-hydroxylation sites is 1. The minimum Gasteiger partial charge on any atom is -0.335 e. The van der Waals surface area contributed by atoms with Gasteiger partial charge in [-0.05, 0) is 36.6 Å². The van der Waals surface area contributed by atoms with Gasteiger partial charge < -0.3 is 11.2 Å². The van der Waals surface area contributed by atoms with Crippen LogP contribution in [0.5, 0.6) is 0 Å². The molecule has 0 aliphatic rings. The van der Waals surface area contributed by atoms with Crippen molar-refractivity contribution in [2.45, 2.75) is 37.1 Å². The van der Waals surface area contributed by atoms with Crippen molar-refractivity contribution in [3.05, 3.63) is 59.9 Å². The van der Waals surface area contributed by atoms with Gasteiger partial charge in [0.25, 0.3) is 0 Å². The van der Waals surface area contributed by atoms with E-state index in [0.717, 1.165) is 23.0 Å². The molecule has 1 heterocycles. The van der Waals surface area contributed by atoms with Gasteiger partial charge in [-0.3, -0.25) is 4.79 Å². The van der Waals surface area contributed by atoms with E-state index in [-0.39, 0.29) is 23.2 Å². The summed E-state index contributed by atoms with van der Waals surface area (Å²) in [6.45, 7) is 5.91. The van der Waals surface area contributed by atoms with E-state index in [1.165, 1.54) is 10.7 Å². The van der Waals surface area contributed by atoms with Gasteiger partial charge in [-0.15, -0.1) is 10.2 Å². The molecule has 0 saturated carbocycles. The minimum atomic E-state index is -0.472. The molecule has 0 aliphatic carbocycles. The quantitative estimate of drug-likeness (QED) is 0.483. The Kier molecular flexibility index (Phi) is 5.99. The number of aromatic nitrogens is 3. The van der Waals surface area contributed by atoms with Gasteiger partial charge in [0.1, 0.15) is 5.82 Å². The zero-order valence-electron chi connectivity index (χ0n) is 15.9.